The van der Waals surface area contributed by atoms with Crippen molar-refractivity contribution in [1.29, 1.82) is 0 Å². The number of urea groups is 1. The van der Waals surface area contributed by atoms with Crippen molar-refractivity contribution in [3.8, 4) is 11.5 Å². The third-order valence-corrected chi connectivity index (χ3v) is 4.88. The number of nitrogens with zero attached hydrogens (tertiary/aromatic N) is 1. The van der Waals surface area contributed by atoms with Gasteiger partial charge in [-0.15, -0.1) is 0 Å². The fourth-order valence-corrected chi connectivity index (χ4v) is 3.49. The lowest BCUT2D eigenvalue weighted by Crippen LogP contribution is -2.54. The molecule has 1 saturated heterocycles. The van der Waals surface area contributed by atoms with Crippen molar-refractivity contribution in [1.82, 2.24) is 5.32 Å². The number of aryl methyl sites for hydroxylation is 1. The van der Waals surface area contributed by atoms with Crippen molar-refractivity contribution in [2.45, 2.75) is 26.9 Å². The van der Waals surface area contributed by atoms with Gasteiger partial charge in [0, 0.05) is 16.1 Å². The summed E-state index contributed by atoms with van der Waals surface area (Å²) < 4.78 is 11.9. The second kappa shape index (κ2) is 8.71. The van der Waals surface area contributed by atoms with Gasteiger partial charge in [-0.05, 0) is 62.7 Å². The van der Waals surface area contributed by atoms with Crippen LogP contribution in [0.2, 0.25) is 0 Å². The molecule has 0 aliphatic carbocycles. The van der Waals surface area contributed by atoms with Crippen LogP contribution in [-0.2, 0) is 9.59 Å². The molecule has 30 heavy (non-hydrogen) atoms. The number of amides is 4. The van der Waals surface area contributed by atoms with Crippen LogP contribution in [0, 0.1) is 6.92 Å². The number of hydrogen-bond donors (Lipinski definition) is 1. The Bertz CT molecular complexity index is 1060. The number of imide groups is 2. The predicted molar refractivity (Wildman–Crippen MR) is 117 cm³/mol. The molecule has 0 saturated carbocycles. The Balaban J connectivity index is 2.07. The molecule has 2 aromatic rings. The van der Waals surface area contributed by atoms with Crippen molar-refractivity contribution >= 4 is 45.5 Å². The van der Waals surface area contributed by atoms with Crippen molar-refractivity contribution < 1.29 is 23.9 Å². The molecule has 8 heteroatoms. The van der Waals surface area contributed by atoms with Gasteiger partial charge in [-0.25, -0.2) is 9.69 Å². The number of benzene rings is 2. The average molecular weight is 473 g/mol. The molecular formula is C22H21BrN2O5. The van der Waals surface area contributed by atoms with Crippen molar-refractivity contribution in [2.24, 2.45) is 0 Å². The minimum absolute atomic E-state index is 0.131. The number of hydrogen-bond acceptors (Lipinski definition) is 5. The van der Waals surface area contributed by atoms with Crippen LogP contribution in [0.5, 0.6) is 11.5 Å². The third-order valence-electron chi connectivity index (χ3n) is 4.38. The first kappa shape index (κ1) is 21.6. The molecule has 1 aliphatic rings. The van der Waals surface area contributed by atoms with Crippen LogP contribution in [0.3, 0.4) is 0 Å². The monoisotopic (exact) mass is 472 g/mol. The van der Waals surface area contributed by atoms with Crippen molar-refractivity contribution in [3.63, 3.8) is 0 Å². The number of ether oxygens (including phenoxy) is 2. The average Bonchev–Trinajstić information content (AvgIpc) is 2.67. The van der Waals surface area contributed by atoms with Gasteiger partial charge in [-0.3, -0.25) is 14.9 Å². The van der Waals surface area contributed by atoms with Crippen LogP contribution in [0.15, 0.2) is 46.4 Å². The highest BCUT2D eigenvalue weighted by Gasteiger charge is 2.37. The first-order chi connectivity index (χ1) is 14.2. The summed E-state index contributed by atoms with van der Waals surface area (Å²) in [6.45, 7) is 5.51. The van der Waals surface area contributed by atoms with Gasteiger partial charge in [0.25, 0.3) is 11.8 Å². The number of rotatable bonds is 5. The largest absolute Gasteiger partial charge is 0.497 e. The van der Waals surface area contributed by atoms with E-state index in [4.69, 9.17) is 9.47 Å². The quantitative estimate of drug-likeness (QED) is 0.520. The molecule has 1 aliphatic heterocycles. The zero-order valence-corrected chi connectivity index (χ0v) is 18.6. The van der Waals surface area contributed by atoms with Crippen LogP contribution in [0.25, 0.3) is 6.08 Å². The van der Waals surface area contributed by atoms with Crippen molar-refractivity contribution in [2.75, 3.05) is 12.0 Å². The molecule has 0 aromatic heterocycles. The Kier molecular flexibility index (Phi) is 6.26. The SMILES string of the molecule is COc1ccc(/C=C2/C(=O)NC(=O)N(c3ccc(Br)cc3C)C2=O)c(OC(C)C)c1. The van der Waals surface area contributed by atoms with Gasteiger partial charge in [0.15, 0.2) is 0 Å². The summed E-state index contributed by atoms with van der Waals surface area (Å²) in [6.07, 6.45) is 1.29. The highest BCUT2D eigenvalue weighted by Crippen LogP contribution is 2.31. The fraction of sp³-hybridized carbons (Fsp3) is 0.227. The van der Waals surface area contributed by atoms with Gasteiger partial charge in [0.1, 0.15) is 17.1 Å². The maximum Gasteiger partial charge on any atom is 0.335 e. The molecule has 156 valence electrons. The molecule has 1 N–H and O–H groups in total. The Hall–Kier alpha value is -3.13. The Morgan fingerprint density at radius 2 is 1.83 bits per heavy atom. The summed E-state index contributed by atoms with van der Waals surface area (Å²) in [5.41, 5.74) is 1.45. The van der Waals surface area contributed by atoms with E-state index in [0.717, 1.165) is 9.37 Å². The lowest BCUT2D eigenvalue weighted by atomic mass is 10.0. The minimum Gasteiger partial charge on any atom is -0.497 e. The van der Waals surface area contributed by atoms with Gasteiger partial charge < -0.3 is 9.47 Å². The van der Waals surface area contributed by atoms with Gasteiger partial charge in [0.05, 0.1) is 18.9 Å². The normalized spacial score (nSPS) is 15.6. The first-order valence-corrected chi connectivity index (χ1v) is 10.0. The van der Waals surface area contributed by atoms with Crippen molar-refractivity contribution in [3.05, 3.63) is 57.6 Å². The van der Waals surface area contributed by atoms with Gasteiger partial charge in [0.2, 0.25) is 0 Å². The highest BCUT2D eigenvalue weighted by molar-refractivity contribution is 9.10. The highest BCUT2D eigenvalue weighted by atomic mass is 79.9. The predicted octanol–water partition coefficient (Wildman–Crippen LogP) is 4.22. The topological polar surface area (TPSA) is 84.9 Å². The van der Waals surface area contributed by atoms with E-state index in [9.17, 15) is 14.4 Å². The zero-order chi connectivity index (χ0) is 22.0. The second-order valence-electron chi connectivity index (χ2n) is 6.96. The Morgan fingerprint density at radius 3 is 2.47 bits per heavy atom. The Morgan fingerprint density at radius 1 is 1.10 bits per heavy atom. The minimum atomic E-state index is -0.791. The van der Waals surface area contributed by atoms with Gasteiger partial charge in [-0.2, -0.15) is 0 Å². The van der Waals surface area contributed by atoms with E-state index >= 15 is 0 Å². The summed E-state index contributed by atoms with van der Waals surface area (Å²) in [5.74, 6) is -0.432. The van der Waals surface area contributed by atoms with Crippen LogP contribution >= 0.6 is 15.9 Å². The smallest absolute Gasteiger partial charge is 0.335 e. The molecule has 0 unspecified atom stereocenters. The second-order valence-corrected chi connectivity index (χ2v) is 7.87. The fourth-order valence-electron chi connectivity index (χ4n) is 3.02. The van der Waals surface area contributed by atoms with E-state index in [1.807, 2.05) is 13.8 Å². The zero-order valence-electron chi connectivity index (χ0n) is 17.0. The van der Waals surface area contributed by atoms with E-state index in [2.05, 4.69) is 21.2 Å². The number of methoxy groups -OCH3 is 1. The lowest BCUT2D eigenvalue weighted by molar-refractivity contribution is -0.122. The molecule has 2 aromatic carbocycles. The molecular weight excluding hydrogens is 452 g/mol. The molecule has 0 bridgehead atoms. The molecule has 1 heterocycles. The standard InChI is InChI=1S/C22H21BrN2O5/c1-12(2)30-19-11-16(29-4)7-5-14(19)10-17-20(26)24-22(28)25(21(17)27)18-8-6-15(23)9-13(18)3/h5-12H,1-4H3,(H,24,26,28)/b17-10-. The molecule has 0 radical (unpaired) electrons. The van der Waals surface area contributed by atoms with Gasteiger partial charge >= 0.3 is 6.03 Å². The number of anilines is 1. The Labute approximate surface area is 182 Å². The van der Waals surface area contributed by atoms with E-state index in [1.165, 1.54) is 13.2 Å². The van der Waals surface area contributed by atoms with Crippen LogP contribution in [-0.4, -0.2) is 31.1 Å². The molecule has 1 fully saturated rings. The summed E-state index contributed by atoms with van der Waals surface area (Å²) in [6, 6.07) is 9.43. The van der Waals surface area contributed by atoms with E-state index in [-0.39, 0.29) is 11.7 Å². The van der Waals surface area contributed by atoms with Gasteiger partial charge in [-0.1, -0.05) is 15.9 Å². The summed E-state index contributed by atoms with van der Waals surface area (Å²) in [7, 11) is 1.54. The number of nitrogens with one attached hydrogen (secondary N) is 1. The lowest BCUT2D eigenvalue weighted by Gasteiger charge is -2.27. The summed E-state index contributed by atoms with van der Waals surface area (Å²) in [5, 5.41) is 2.23. The van der Waals surface area contributed by atoms with Crippen LogP contribution in [0.1, 0.15) is 25.0 Å². The molecule has 0 spiro atoms. The number of carbonyl (C=O) groups excluding carboxylic acids is 3. The van der Waals surface area contributed by atoms with E-state index in [1.54, 1.807) is 43.3 Å². The first-order valence-electron chi connectivity index (χ1n) is 9.23. The third kappa shape index (κ3) is 4.38. The van der Waals surface area contributed by atoms with E-state index < -0.39 is 17.8 Å². The number of barbiturate groups is 1. The summed E-state index contributed by atoms with van der Waals surface area (Å²) in [4.78, 5) is 39.0. The summed E-state index contributed by atoms with van der Waals surface area (Å²) >= 11 is 3.36. The van der Waals surface area contributed by atoms with E-state index in [0.29, 0.717) is 28.3 Å². The molecule has 3 rings (SSSR count). The number of carbonyl (C=O) groups is 3. The molecule has 0 atom stereocenters. The van der Waals surface area contributed by atoms with Crippen LogP contribution < -0.4 is 19.7 Å². The van der Waals surface area contributed by atoms with Crippen LogP contribution in [0.4, 0.5) is 10.5 Å². The maximum atomic E-state index is 13.1. The molecule has 7 nitrogen and oxygen atoms in total. The molecule has 4 amide bonds. The maximum absolute atomic E-state index is 13.1. The number of halogens is 1.